The molecule has 28 heavy (non-hydrogen) atoms. The van der Waals surface area contributed by atoms with Gasteiger partial charge in [0, 0.05) is 13.0 Å². The zero-order valence-electron chi connectivity index (χ0n) is 18.9. The first-order valence-corrected chi connectivity index (χ1v) is 11.4. The van der Waals surface area contributed by atoms with E-state index in [1.165, 1.54) is 77.7 Å². The van der Waals surface area contributed by atoms with Gasteiger partial charge < -0.3 is 14.8 Å². The number of esters is 1. The summed E-state index contributed by atoms with van der Waals surface area (Å²) in [5.41, 5.74) is -0.421. The lowest BCUT2D eigenvalue weighted by Gasteiger charge is -2.19. The molecule has 5 nitrogen and oxygen atoms in total. The van der Waals surface area contributed by atoms with Crippen molar-refractivity contribution in [3.05, 3.63) is 0 Å². The Bertz CT molecular complexity index is 391. The largest absolute Gasteiger partial charge is 0.469 e. The van der Waals surface area contributed by atoms with Crippen molar-refractivity contribution in [3.8, 4) is 0 Å². The van der Waals surface area contributed by atoms with Gasteiger partial charge in [0.15, 0.2) is 0 Å². The minimum atomic E-state index is -0.421. The Morgan fingerprint density at radius 1 is 0.679 bits per heavy atom. The molecule has 0 aliphatic heterocycles. The van der Waals surface area contributed by atoms with Gasteiger partial charge in [-0.2, -0.15) is 0 Å². The summed E-state index contributed by atoms with van der Waals surface area (Å²) in [4.78, 5) is 22.5. The molecular formula is C23H45NO4. The Morgan fingerprint density at radius 3 is 1.46 bits per heavy atom. The monoisotopic (exact) mass is 399 g/mol. The van der Waals surface area contributed by atoms with Gasteiger partial charge >= 0.3 is 12.1 Å². The first kappa shape index (κ1) is 26.7. The van der Waals surface area contributed by atoms with E-state index in [-0.39, 0.29) is 12.1 Å². The van der Waals surface area contributed by atoms with Crippen molar-refractivity contribution in [2.75, 3.05) is 13.7 Å². The highest BCUT2D eigenvalue weighted by atomic mass is 16.6. The normalized spacial score (nSPS) is 11.3. The average Bonchev–Trinajstić information content (AvgIpc) is 2.62. The molecule has 0 unspecified atom stereocenters. The van der Waals surface area contributed by atoms with Crippen LogP contribution in [0.4, 0.5) is 4.79 Å². The topological polar surface area (TPSA) is 64.6 Å². The number of carbonyl (C=O) groups excluding carboxylic acids is 2. The van der Waals surface area contributed by atoms with E-state index in [2.05, 4.69) is 10.1 Å². The number of methoxy groups -OCH3 is 1. The van der Waals surface area contributed by atoms with Crippen LogP contribution in [0.25, 0.3) is 0 Å². The highest BCUT2D eigenvalue weighted by Crippen LogP contribution is 2.13. The molecule has 0 saturated heterocycles. The van der Waals surface area contributed by atoms with Gasteiger partial charge in [0.05, 0.1) is 7.11 Å². The second-order valence-corrected chi connectivity index (χ2v) is 8.70. The SMILES string of the molecule is COC(=O)CCCCCCCCCCCCCCCCNC(=O)OC(C)(C)C. The van der Waals surface area contributed by atoms with Crippen LogP contribution in [-0.4, -0.2) is 31.3 Å². The molecule has 0 rings (SSSR count). The molecule has 0 saturated carbocycles. The van der Waals surface area contributed by atoms with Crippen LogP contribution < -0.4 is 5.32 Å². The van der Waals surface area contributed by atoms with Crippen molar-refractivity contribution in [3.63, 3.8) is 0 Å². The summed E-state index contributed by atoms with van der Waals surface area (Å²) >= 11 is 0. The zero-order valence-corrected chi connectivity index (χ0v) is 18.9. The molecule has 0 aliphatic rings. The molecule has 0 radical (unpaired) electrons. The molecule has 5 heteroatoms. The highest BCUT2D eigenvalue weighted by molar-refractivity contribution is 5.69. The molecule has 1 N–H and O–H groups in total. The maximum atomic E-state index is 11.5. The van der Waals surface area contributed by atoms with E-state index in [4.69, 9.17) is 4.74 Å². The third-order valence-corrected chi connectivity index (χ3v) is 4.70. The Balaban J connectivity index is 3.16. The molecule has 0 spiro atoms. The lowest BCUT2D eigenvalue weighted by molar-refractivity contribution is -0.140. The Hall–Kier alpha value is -1.26. The standard InChI is InChI=1S/C23H45NO4/c1-23(2,3)28-22(26)24-20-18-16-14-12-10-8-6-5-7-9-11-13-15-17-19-21(25)27-4/h5-20H2,1-4H3,(H,24,26). The predicted molar refractivity (Wildman–Crippen MR) is 116 cm³/mol. The lowest BCUT2D eigenvalue weighted by Crippen LogP contribution is -2.32. The Kier molecular flexibility index (Phi) is 17.0. The van der Waals surface area contributed by atoms with Gasteiger partial charge in [0.25, 0.3) is 0 Å². The van der Waals surface area contributed by atoms with E-state index in [1.54, 1.807) is 0 Å². The third-order valence-electron chi connectivity index (χ3n) is 4.70. The van der Waals surface area contributed by atoms with Crippen molar-refractivity contribution < 1.29 is 19.1 Å². The molecule has 0 aliphatic carbocycles. The molecular weight excluding hydrogens is 354 g/mol. The van der Waals surface area contributed by atoms with E-state index in [1.807, 2.05) is 20.8 Å². The van der Waals surface area contributed by atoms with E-state index in [0.29, 0.717) is 13.0 Å². The number of amides is 1. The number of hydrogen-bond donors (Lipinski definition) is 1. The smallest absolute Gasteiger partial charge is 0.407 e. The van der Waals surface area contributed by atoms with Crippen molar-refractivity contribution in [2.24, 2.45) is 0 Å². The number of rotatable bonds is 17. The van der Waals surface area contributed by atoms with Gasteiger partial charge in [-0.15, -0.1) is 0 Å². The van der Waals surface area contributed by atoms with Gasteiger partial charge in [-0.1, -0.05) is 77.0 Å². The maximum Gasteiger partial charge on any atom is 0.407 e. The molecule has 0 atom stereocenters. The minimum Gasteiger partial charge on any atom is -0.469 e. The first-order valence-electron chi connectivity index (χ1n) is 11.4. The van der Waals surface area contributed by atoms with Crippen molar-refractivity contribution in [2.45, 2.75) is 123 Å². The van der Waals surface area contributed by atoms with Crippen molar-refractivity contribution in [1.82, 2.24) is 5.32 Å². The van der Waals surface area contributed by atoms with Gasteiger partial charge in [-0.3, -0.25) is 4.79 Å². The van der Waals surface area contributed by atoms with Crippen LogP contribution in [0, 0.1) is 0 Å². The average molecular weight is 400 g/mol. The van der Waals surface area contributed by atoms with Crippen LogP contribution in [0.2, 0.25) is 0 Å². The molecule has 0 aromatic rings. The van der Waals surface area contributed by atoms with Gasteiger partial charge in [0.1, 0.15) is 5.60 Å². The molecule has 0 aromatic carbocycles. The van der Waals surface area contributed by atoms with E-state index in [9.17, 15) is 9.59 Å². The first-order chi connectivity index (χ1) is 13.3. The number of nitrogens with one attached hydrogen (secondary N) is 1. The summed E-state index contributed by atoms with van der Waals surface area (Å²) in [6, 6.07) is 0. The molecule has 1 amide bonds. The fraction of sp³-hybridized carbons (Fsp3) is 0.913. The van der Waals surface area contributed by atoms with Crippen molar-refractivity contribution in [1.29, 1.82) is 0 Å². The van der Waals surface area contributed by atoms with Crippen LogP contribution in [0.1, 0.15) is 117 Å². The van der Waals surface area contributed by atoms with Crippen LogP contribution in [0.3, 0.4) is 0 Å². The second kappa shape index (κ2) is 17.8. The van der Waals surface area contributed by atoms with Crippen LogP contribution in [-0.2, 0) is 14.3 Å². The predicted octanol–water partition coefficient (Wildman–Crippen LogP) is 6.54. The maximum absolute atomic E-state index is 11.5. The van der Waals surface area contributed by atoms with Crippen LogP contribution >= 0.6 is 0 Å². The summed E-state index contributed by atoms with van der Waals surface area (Å²) < 4.78 is 9.85. The minimum absolute atomic E-state index is 0.0857. The third kappa shape index (κ3) is 21.0. The van der Waals surface area contributed by atoms with Crippen LogP contribution in [0.5, 0.6) is 0 Å². The molecule has 166 valence electrons. The fourth-order valence-electron chi connectivity index (χ4n) is 3.12. The summed E-state index contributed by atoms with van der Waals surface area (Å²) in [6.45, 7) is 6.34. The second-order valence-electron chi connectivity index (χ2n) is 8.70. The Labute approximate surface area is 173 Å². The highest BCUT2D eigenvalue weighted by Gasteiger charge is 2.15. The number of alkyl carbamates (subject to hydrolysis) is 1. The molecule has 0 heterocycles. The summed E-state index contributed by atoms with van der Waals surface area (Å²) in [6.07, 6.45) is 17.7. The summed E-state index contributed by atoms with van der Waals surface area (Å²) in [5.74, 6) is -0.0857. The fourth-order valence-corrected chi connectivity index (χ4v) is 3.12. The van der Waals surface area contributed by atoms with Crippen LogP contribution in [0.15, 0.2) is 0 Å². The molecule has 0 fully saturated rings. The Morgan fingerprint density at radius 2 is 1.07 bits per heavy atom. The van der Waals surface area contributed by atoms with E-state index in [0.717, 1.165) is 19.3 Å². The molecule has 0 bridgehead atoms. The summed E-state index contributed by atoms with van der Waals surface area (Å²) in [5, 5.41) is 2.81. The zero-order chi connectivity index (χ0) is 21.1. The summed E-state index contributed by atoms with van der Waals surface area (Å²) in [7, 11) is 1.45. The molecule has 0 aromatic heterocycles. The lowest BCUT2D eigenvalue weighted by atomic mass is 10.0. The van der Waals surface area contributed by atoms with E-state index >= 15 is 0 Å². The number of unbranched alkanes of at least 4 members (excludes halogenated alkanes) is 13. The van der Waals surface area contributed by atoms with E-state index < -0.39 is 5.60 Å². The quantitative estimate of drug-likeness (QED) is 0.223. The van der Waals surface area contributed by atoms with Crippen molar-refractivity contribution >= 4 is 12.1 Å². The van der Waals surface area contributed by atoms with Gasteiger partial charge in [0.2, 0.25) is 0 Å². The van der Waals surface area contributed by atoms with Gasteiger partial charge in [-0.25, -0.2) is 4.79 Å². The number of carbonyl (C=O) groups is 2. The number of ether oxygens (including phenoxy) is 2. The van der Waals surface area contributed by atoms with Gasteiger partial charge in [-0.05, 0) is 33.6 Å². The number of hydrogen-bond acceptors (Lipinski definition) is 4.